The molecule has 3 aliphatic rings. The Morgan fingerprint density at radius 2 is 1.93 bits per heavy atom. The molecule has 6 rings (SSSR count). The smallest absolute Gasteiger partial charge is 0.407 e. The van der Waals surface area contributed by atoms with E-state index in [-0.39, 0.29) is 48.9 Å². The van der Waals surface area contributed by atoms with Gasteiger partial charge in [0.2, 0.25) is 5.43 Å². The molecule has 3 aromatic rings. The molecule has 0 unspecified atom stereocenters. The Morgan fingerprint density at radius 1 is 1.12 bits per heavy atom. The third-order valence-corrected chi connectivity index (χ3v) is 7.93. The second-order valence-electron chi connectivity index (χ2n) is 10.5. The molecule has 2 aliphatic heterocycles. The Hall–Kier alpha value is -3.92. The number of nitrogens with one attached hydrogen (secondary N) is 1. The Balaban J connectivity index is 1.34. The molecule has 0 radical (unpaired) electrons. The molecule has 1 aliphatic carbocycles. The zero-order chi connectivity index (χ0) is 27.8. The first-order valence-electron chi connectivity index (χ1n) is 13.8. The number of esters is 1. The molecule has 1 aromatic heterocycles. The summed E-state index contributed by atoms with van der Waals surface area (Å²) in [7, 11) is 0. The van der Waals surface area contributed by atoms with Gasteiger partial charge in [-0.3, -0.25) is 4.79 Å². The monoisotopic (exact) mass is 549 g/mol. The van der Waals surface area contributed by atoms with Gasteiger partial charge in [0.1, 0.15) is 18.0 Å². The van der Waals surface area contributed by atoms with Crippen LogP contribution in [0.5, 0.6) is 0 Å². The maximum absolute atomic E-state index is 16.0. The number of rotatable bonds is 6. The summed E-state index contributed by atoms with van der Waals surface area (Å²) in [6, 6.07) is 10.3. The SMILES string of the molecule is CCOC(=O)c1cn(C2CC2)c2c3c(c(F)cc2c1=O)N1CC[C@@H](NC(=O)OCc2ccccc2)[C@H]1CCOC3. The number of alkyl carbamates (subject to hydrolysis) is 1. The van der Waals surface area contributed by atoms with E-state index in [0.29, 0.717) is 42.8 Å². The summed E-state index contributed by atoms with van der Waals surface area (Å²) >= 11 is 0. The molecule has 2 fully saturated rings. The fraction of sp³-hybridized carbons (Fsp3) is 0.433. The molecule has 2 aromatic carbocycles. The topological polar surface area (TPSA) is 99.1 Å². The molecule has 2 atom stereocenters. The lowest BCUT2D eigenvalue weighted by molar-refractivity contribution is 0.0524. The molecular weight excluding hydrogens is 517 g/mol. The van der Waals surface area contributed by atoms with E-state index in [1.807, 2.05) is 39.8 Å². The van der Waals surface area contributed by atoms with Gasteiger partial charge >= 0.3 is 12.1 Å². The number of halogens is 1. The summed E-state index contributed by atoms with van der Waals surface area (Å²) < 4.78 is 34.5. The van der Waals surface area contributed by atoms with Crippen LogP contribution < -0.4 is 15.6 Å². The van der Waals surface area contributed by atoms with Crippen molar-refractivity contribution in [2.75, 3.05) is 24.7 Å². The fourth-order valence-electron chi connectivity index (χ4n) is 5.95. The fourth-order valence-corrected chi connectivity index (χ4v) is 5.95. The van der Waals surface area contributed by atoms with E-state index < -0.39 is 23.3 Å². The van der Waals surface area contributed by atoms with Crippen molar-refractivity contribution in [3.05, 3.63) is 75.3 Å². The lowest BCUT2D eigenvalue weighted by Gasteiger charge is -2.34. The Morgan fingerprint density at radius 3 is 2.67 bits per heavy atom. The van der Waals surface area contributed by atoms with E-state index in [1.54, 1.807) is 13.1 Å². The number of hydrogen-bond acceptors (Lipinski definition) is 7. The number of amides is 1. The third-order valence-electron chi connectivity index (χ3n) is 7.93. The number of carbonyl (C=O) groups is 2. The van der Waals surface area contributed by atoms with Gasteiger partial charge in [0.15, 0.2) is 0 Å². The Kier molecular flexibility index (Phi) is 7.18. The quantitative estimate of drug-likeness (QED) is 0.454. The molecule has 3 heterocycles. The van der Waals surface area contributed by atoms with Crippen LogP contribution in [-0.4, -0.2) is 48.5 Å². The zero-order valence-electron chi connectivity index (χ0n) is 22.4. The van der Waals surface area contributed by atoms with Gasteiger partial charge in [0.25, 0.3) is 0 Å². The first-order chi connectivity index (χ1) is 19.5. The standard InChI is InChI=1S/C30H32FN3O6/c1-2-39-29(36)21-15-34(19-8-9-19)26-20(28(21)35)14-23(31)27-22(26)17-38-13-11-25-24(10-12-33(25)27)32-30(37)40-16-18-6-4-3-5-7-18/h3-7,14-15,19,24-25H,2,8-13,16-17H2,1H3,(H,32,37)/t24-,25-/m1/s1. The normalized spacial score (nSPS) is 20.3. The van der Waals surface area contributed by atoms with E-state index >= 15 is 4.39 Å². The minimum Gasteiger partial charge on any atom is -0.462 e. The number of anilines is 1. The molecule has 1 amide bonds. The predicted molar refractivity (Wildman–Crippen MR) is 146 cm³/mol. The number of aromatic nitrogens is 1. The van der Waals surface area contributed by atoms with E-state index in [1.165, 1.54) is 6.07 Å². The molecule has 210 valence electrons. The molecule has 0 bridgehead atoms. The van der Waals surface area contributed by atoms with Crippen LogP contribution in [-0.2, 0) is 27.4 Å². The molecular formula is C30H32FN3O6. The first-order valence-corrected chi connectivity index (χ1v) is 13.8. The van der Waals surface area contributed by atoms with Crippen LogP contribution in [0.15, 0.2) is 47.4 Å². The van der Waals surface area contributed by atoms with E-state index in [9.17, 15) is 14.4 Å². The number of nitrogens with zero attached hydrogens (tertiary/aromatic N) is 2. The highest BCUT2D eigenvalue weighted by Crippen LogP contribution is 2.42. The summed E-state index contributed by atoms with van der Waals surface area (Å²) in [4.78, 5) is 40.6. The van der Waals surface area contributed by atoms with Gasteiger partial charge < -0.3 is 29.0 Å². The van der Waals surface area contributed by atoms with Crippen LogP contribution in [0.2, 0.25) is 0 Å². The van der Waals surface area contributed by atoms with Crippen molar-refractivity contribution >= 4 is 28.7 Å². The van der Waals surface area contributed by atoms with Crippen molar-refractivity contribution in [2.24, 2.45) is 0 Å². The Labute approximate surface area is 230 Å². The maximum Gasteiger partial charge on any atom is 0.407 e. The van der Waals surface area contributed by atoms with Crippen LogP contribution in [0.4, 0.5) is 14.9 Å². The van der Waals surface area contributed by atoms with Gasteiger partial charge in [-0.15, -0.1) is 0 Å². The minimum absolute atomic E-state index is 0.0929. The van der Waals surface area contributed by atoms with E-state index in [4.69, 9.17) is 14.2 Å². The zero-order valence-corrected chi connectivity index (χ0v) is 22.4. The number of hydrogen-bond donors (Lipinski definition) is 1. The van der Waals surface area contributed by atoms with Gasteiger partial charge in [-0.2, -0.15) is 0 Å². The number of carbonyl (C=O) groups excluding carboxylic acids is 2. The maximum atomic E-state index is 16.0. The summed E-state index contributed by atoms with van der Waals surface area (Å²) in [5.74, 6) is -1.26. The average molecular weight is 550 g/mol. The van der Waals surface area contributed by atoms with Crippen molar-refractivity contribution in [3.8, 4) is 0 Å². The molecule has 9 nitrogen and oxygen atoms in total. The van der Waals surface area contributed by atoms with Crippen molar-refractivity contribution in [1.29, 1.82) is 0 Å². The van der Waals surface area contributed by atoms with Crippen LogP contribution >= 0.6 is 0 Å². The lowest BCUT2D eigenvalue weighted by atomic mass is 10.0. The van der Waals surface area contributed by atoms with Crippen LogP contribution in [0, 0.1) is 5.82 Å². The molecule has 1 N–H and O–H groups in total. The molecule has 1 saturated carbocycles. The molecule has 10 heteroatoms. The van der Waals surface area contributed by atoms with E-state index in [2.05, 4.69) is 5.32 Å². The summed E-state index contributed by atoms with van der Waals surface area (Å²) in [6.07, 6.45) is 4.04. The second-order valence-corrected chi connectivity index (χ2v) is 10.5. The van der Waals surface area contributed by atoms with E-state index in [0.717, 1.165) is 18.4 Å². The number of benzene rings is 2. The lowest BCUT2D eigenvalue weighted by Crippen LogP contribution is -2.46. The summed E-state index contributed by atoms with van der Waals surface area (Å²) in [5, 5.41) is 3.12. The average Bonchev–Trinajstić information content (AvgIpc) is 3.72. The number of fused-ring (bicyclic) bond motifs is 5. The summed E-state index contributed by atoms with van der Waals surface area (Å²) in [6.45, 7) is 3.04. The van der Waals surface area contributed by atoms with Gasteiger partial charge in [-0.1, -0.05) is 30.3 Å². The van der Waals surface area contributed by atoms with Crippen LogP contribution in [0.3, 0.4) is 0 Å². The molecule has 1 saturated heterocycles. The minimum atomic E-state index is -0.708. The second kappa shape index (κ2) is 10.9. The highest BCUT2D eigenvalue weighted by molar-refractivity contribution is 5.96. The molecule has 0 spiro atoms. The first kappa shape index (κ1) is 26.3. The van der Waals surface area contributed by atoms with Crippen molar-refractivity contribution in [3.63, 3.8) is 0 Å². The predicted octanol–water partition coefficient (Wildman–Crippen LogP) is 4.45. The molecule has 40 heavy (non-hydrogen) atoms. The summed E-state index contributed by atoms with van der Waals surface area (Å²) in [5.41, 5.74) is 1.82. The largest absolute Gasteiger partial charge is 0.462 e. The van der Waals surface area contributed by atoms with Crippen LogP contribution in [0.1, 0.15) is 60.1 Å². The number of pyridine rings is 1. The van der Waals surface area contributed by atoms with Gasteiger partial charge in [0, 0.05) is 36.3 Å². The highest BCUT2D eigenvalue weighted by atomic mass is 19.1. The van der Waals surface area contributed by atoms with Crippen molar-refractivity contribution in [2.45, 2.75) is 63.9 Å². The van der Waals surface area contributed by atoms with Crippen molar-refractivity contribution < 1.29 is 28.2 Å². The van der Waals surface area contributed by atoms with Gasteiger partial charge in [-0.05, 0) is 44.2 Å². The highest BCUT2D eigenvalue weighted by Gasteiger charge is 2.40. The van der Waals surface area contributed by atoms with Crippen molar-refractivity contribution in [1.82, 2.24) is 9.88 Å². The van der Waals surface area contributed by atoms with Gasteiger partial charge in [0.05, 0.1) is 36.5 Å². The Bertz CT molecular complexity index is 1500. The number of ether oxygens (including phenoxy) is 3. The van der Waals surface area contributed by atoms with Crippen LogP contribution in [0.25, 0.3) is 10.9 Å². The van der Waals surface area contributed by atoms with Gasteiger partial charge in [-0.25, -0.2) is 14.0 Å². The third kappa shape index (κ3) is 4.92.